The number of carbonyl (C=O) groups is 2. The van der Waals surface area contributed by atoms with Crippen molar-refractivity contribution in [2.75, 3.05) is 0 Å². The molecule has 0 bridgehead atoms. The molecule has 2 nitrogen and oxygen atoms in total. The van der Waals surface area contributed by atoms with Gasteiger partial charge in [0.25, 0.3) is 0 Å². The van der Waals surface area contributed by atoms with Crippen molar-refractivity contribution in [3.63, 3.8) is 0 Å². The van der Waals surface area contributed by atoms with Gasteiger partial charge in [-0.05, 0) is 12.0 Å². The average Bonchev–Trinajstić information content (AvgIpc) is 2.27. The number of rotatable bonds is 5. The lowest BCUT2D eigenvalue weighted by molar-refractivity contribution is 0.0968. The Kier molecular flexibility index (Phi) is 4.41. The van der Waals surface area contributed by atoms with Gasteiger partial charge in [0.1, 0.15) is 0 Å². The molecule has 0 heterocycles. The summed E-state index contributed by atoms with van der Waals surface area (Å²) in [4.78, 5) is 23.3. The molecule has 1 aromatic rings. The normalized spacial score (nSPS) is 10.5. The fourth-order valence-electron chi connectivity index (χ4n) is 1.56. The summed E-state index contributed by atoms with van der Waals surface area (Å²) in [6.07, 6.45) is 1.01. The molecule has 0 amide bonds. The van der Waals surface area contributed by atoms with Crippen molar-refractivity contribution >= 4 is 11.6 Å². The van der Waals surface area contributed by atoms with Crippen LogP contribution in [-0.2, 0) is 0 Å². The first-order valence-corrected chi connectivity index (χ1v) is 5.71. The van der Waals surface area contributed by atoms with Crippen molar-refractivity contribution in [2.24, 2.45) is 5.92 Å². The Hall–Kier alpha value is -1.44. The van der Waals surface area contributed by atoms with E-state index in [1.165, 1.54) is 0 Å². The lowest BCUT2D eigenvalue weighted by Gasteiger charge is -2.05. The summed E-state index contributed by atoms with van der Waals surface area (Å²) in [6, 6.07) is 7.02. The zero-order chi connectivity index (χ0) is 12.1. The minimum Gasteiger partial charge on any atom is -0.294 e. The molecular weight excluding hydrogens is 200 g/mol. The van der Waals surface area contributed by atoms with Gasteiger partial charge in [-0.15, -0.1) is 0 Å². The van der Waals surface area contributed by atoms with E-state index >= 15 is 0 Å². The fraction of sp³-hybridized carbons (Fsp3) is 0.429. The van der Waals surface area contributed by atoms with E-state index in [-0.39, 0.29) is 11.6 Å². The third-order valence-electron chi connectivity index (χ3n) is 2.42. The van der Waals surface area contributed by atoms with Gasteiger partial charge in [0.2, 0.25) is 0 Å². The molecule has 0 unspecified atom stereocenters. The highest BCUT2D eigenvalue weighted by atomic mass is 16.1. The lowest BCUT2D eigenvalue weighted by Crippen LogP contribution is -2.05. The first-order chi connectivity index (χ1) is 7.54. The number of hydrogen-bond acceptors (Lipinski definition) is 2. The summed E-state index contributed by atoms with van der Waals surface area (Å²) in [5, 5.41) is 0. The topological polar surface area (TPSA) is 34.1 Å². The summed E-state index contributed by atoms with van der Waals surface area (Å²) in [5.41, 5.74) is 1.28. The molecule has 86 valence electrons. The molecule has 0 saturated carbocycles. The van der Waals surface area contributed by atoms with E-state index in [0.29, 0.717) is 29.9 Å². The van der Waals surface area contributed by atoms with Gasteiger partial charge in [-0.2, -0.15) is 0 Å². The molecule has 0 saturated heterocycles. The number of benzene rings is 1. The predicted octanol–water partition coefficient (Wildman–Crippen LogP) is 3.51. The van der Waals surface area contributed by atoms with Crippen LogP contribution in [0.3, 0.4) is 0 Å². The molecule has 0 radical (unpaired) electrons. The number of carbonyl (C=O) groups excluding carboxylic acids is 2. The van der Waals surface area contributed by atoms with Gasteiger partial charge in [0.05, 0.1) is 0 Å². The Bertz CT molecular complexity index is 391. The smallest absolute Gasteiger partial charge is 0.163 e. The Morgan fingerprint density at radius 2 is 1.69 bits per heavy atom. The van der Waals surface area contributed by atoms with E-state index in [1.807, 2.05) is 20.8 Å². The van der Waals surface area contributed by atoms with Crippen molar-refractivity contribution in [1.82, 2.24) is 0 Å². The van der Waals surface area contributed by atoms with Gasteiger partial charge < -0.3 is 0 Å². The van der Waals surface area contributed by atoms with Crippen molar-refractivity contribution in [3.8, 4) is 0 Å². The molecule has 0 aliphatic carbocycles. The largest absolute Gasteiger partial charge is 0.294 e. The number of Topliss-reactive ketones (excluding diaryl/α,β-unsaturated/α-hetero) is 2. The Morgan fingerprint density at radius 1 is 1.12 bits per heavy atom. The SMILES string of the molecule is CCC(=O)c1cccc(C(=O)CC(C)C)c1. The first-order valence-electron chi connectivity index (χ1n) is 5.71. The summed E-state index contributed by atoms with van der Waals surface area (Å²) in [6.45, 7) is 5.85. The fourth-order valence-corrected chi connectivity index (χ4v) is 1.56. The maximum absolute atomic E-state index is 11.8. The lowest BCUT2D eigenvalue weighted by atomic mass is 9.98. The second-order valence-corrected chi connectivity index (χ2v) is 4.38. The maximum Gasteiger partial charge on any atom is 0.163 e. The zero-order valence-electron chi connectivity index (χ0n) is 10.1. The van der Waals surface area contributed by atoms with E-state index in [9.17, 15) is 9.59 Å². The van der Waals surface area contributed by atoms with Gasteiger partial charge in [0, 0.05) is 24.0 Å². The van der Waals surface area contributed by atoms with Crippen LogP contribution in [0.2, 0.25) is 0 Å². The van der Waals surface area contributed by atoms with Crippen LogP contribution in [0.15, 0.2) is 24.3 Å². The van der Waals surface area contributed by atoms with Crippen LogP contribution in [0.4, 0.5) is 0 Å². The Labute approximate surface area is 96.7 Å². The molecular formula is C14H18O2. The quantitative estimate of drug-likeness (QED) is 0.709. The highest BCUT2D eigenvalue weighted by Crippen LogP contribution is 2.12. The van der Waals surface area contributed by atoms with Crippen molar-refractivity contribution < 1.29 is 9.59 Å². The van der Waals surface area contributed by atoms with Crippen LogP contribution in [0.1, 0.15) is 54.3 Å². The standard InChI is InChI=1S/C14H18O2/c1-4-13(15)11-6-5-7-12(9-11)14(16)8-10(2)3/h5-7,9-10H,4,8H2,1-3H3. The third kappa shape index (κ3) is 3.30. The van der Waals surface area contributed by atoms with Crippen molar-refractivity contribution in [2.45, 2.75) is 33.6 Å². The highest BCUT2D eigenvalue weighted by molar-refractivity contribution is 6.01. The van der Waals surface area contributed by atoms with E-state index < -0.39 is 0 Å². The van der Waals surface area contributed by atoms with E-state index in [4.69, 9.17) is 0 Å². The molecule has 0 aliphatic rings. The third-order valence-corrected chi connectivity index (χ3v) is 2.42. The first kappa shape index (κ1) is 12.6. The van der Waals surface area contributed by atoms with Crippen LogP contribution in [0.5, 0.6) is 0 Å². The summed E-state index contributed by atoms with van der Waals surface area (Å²) >= 11 is 0. The molecule has 0 aromatic heterocycles. The molecule has 0 N–H and O–H groups in total. The minimum atomic E-state index is 0.0826. The highest BCUT2D eigenvalue weighted by Gasteiger charge is 2.10. The van der Waals surface area contributed by atoms with Crippen LogP contribution in [0.25, 0.3) is 0 Å². The van der Waals surface area contributed by atoms with Crippen molar-refractivity contribution in [3.05, 3.63) is 35.4 Å². The summed E-state index contributed by atoms with van der Waals surface area (Å²) in [5.74, 6) is 0.540. The van der Waals surface area contributed by atoms with Crippen molar-refractivity contribution in [1.29, 1.82) is 0 Å². The summed E-state index contributed by atoms with van der Waals surface area (Å²) in [7, 11) is 0. The molecule has 0 spiro atoms. The predicted molar refractivity (Wildman–Crippen MR) is 64.8 cm³/mol. The van der Waals surface area contributed by atoms with E-state index in [0.717, 1.165) is 0 Å². The average molecular weight is 218 g/mol. The second kappa shape index (κ2) is 5.59. The van der Waals surface area contributed by atoms with Crippen LogP contribution in [-0.4, -0.2) is 11.6 Å². The molecule has 16 heavy (non-hydrogen) atoms. The Balaban J connectivity index is 2.90. The number of hydrogen-bond donors (Lipinski definition) is 0. The zero-order valence-corrected chi connectivity index (χ0v) is 10.1. The van der Waals surface area contributed by atoms with Crippen LogP contribution >= 0.6 is 0 Å². The second-order valence-electron chi connectivity index (χ2n) is 4.38. The number of ketones is 2. The van der Waals surface area contributed by atoms with Gasteiger partial charge in [-0.25, -0.2) is 0 Å². The maximum atomic E-state index is 11.8. The molecule has 0 atom stereocenters. The molecule has 0 fully saturated rings. The van der Waals surface area contributed by atoms with Gasteiger partial charge in [-0.1, -0.05) is 39.0 Å². The molecule has 2 heteroatoms. The van der Waals surface area contributed by atoms with E-state index in [2.05, 4.69) is 0 Å². The molecule has 1 rings (SSSR count). The minimum absolute atomic E-state index is 0.0826. The summed E-state index contributed by atoms with van der Waals surface area (Å²) < 4.78 is 0. The van der Waals surface area contributed by atoms with Gasteiger partial charge >= 0.3 is 0 Å². The molecule has 0 aliphatic heterocycles. The van der Waals surface area contributed by atoms with Gasteiger partial charge in [-0.3, -0.25) is 9.59 Å². The molecule has 1 aromatic carbocycles. The van der Waals surface area contributed by atoms with Crippen LogP contribution < -0.4 is 0 Å². The van der Waals surface area contributed by atoms with Crippen LogP contribution in [0, 0.1) is 5.92 Å². The monoisotopic (exact) mass is 218 g/mol. The van der Waals surface area contributed by atoms with Gasteiger partial charge in [0.15, 0.2) is 11.6 Å². The Morgan fingerprint density at radius 3 is 2.19 bits per heavy atom. The van der Waals surface area contributed by atoms with E-state index in [1.54, 1.807) is 24.3 Å².